The fourth-order valence-electron chi connectivity index (χ4n) is 4.57. The number of hydrogen-bond acceptors (Lipinski definition) is 7. The number of aryl methyl sites for hydroxylation is 2. The Hall–Kier alpha value is -3.43. The normalized spacial score (nSPS) is 14.6. The molecule has 0 aliphatic carbocycles. The van der Waals surface area contributed by atoms with E-state index in [1.165, 1.54) is 5.56 Å². The first-order valence-corrected chi connectivity index (χ1v) is 12.2. The average Bonchev–Trinajstić information content (AvgIpc) is 3.42. The molecule has 3 aromatic heterocycles. The molecule has 0 atom stereocenters. The average molecular weight is 476 g/mol. The SMILES string of the molecule is Cc1ccc(O)c(Cn2c(NCCCN3CCOCC3)nc3ccc(Cc4cnn(C)c4)cc32)n1. The van der Waals surface area contributed by atoms with Crippen LogP contribution in [0.3, 0.4) is 0 Å². The number of morpholine rings is 1. The van der Waals surface area contributed by atoms with Crippen molar-refractivity contribution < 1.29 is 9.84 Å². The van der Waals surface area contributed by atoms with Crippen molar-refractivity contribution in [3.8, 4) is 5.75 Å². The minimum atomic E-state index is 0.197. The summed E-state index contributed by atoms with van der Waals surface area (Å²) in [5.41, 5.74) is 5.80. The molecule has 9 heteroatoms. The molecule has 184 valence electrons. The number of ether oxygens (including phenoxy) is 1. The van der Waals surface area contributed by atoms with Gasteiger partial charge in [-0.05, 0) is 55.3 Å². The minimum absolute atomic E-state index is 0.197. The van der Waals surface area contributed by atoms with Crippen molar-refractivity contribution >= 4 is 17.0 Å². The molecule has 4 heterocycles. The molecule has 1 aromatic carbocycles. The molecule has 35 heavy (non-hydrogen) atoms. The van der Waals surface area contributed by atoms with E-state index in [1.54, 1.807) is 6.07 Å². The number of anilines is 1. The highest BCUT2D eigenvalue weighted by Gasteiger charge is 2.15. The van der Waals surface area contributed by atoms with Crippen LogP contribution in [0.15, 0.2) is 42.7 Å². The van der Waals surface area contributed by atoms with Crippen LogP contribution >= 0.6 is 0 Å². The fourth-order valence-corrected chi connectivity index (χ4v) is 4.57. The van der Waals surface area contributed by atoms with E-state index in [9.17, 15) is 5.11 Å². The van der Waals surface area contributed by atoms with E-state index in [0.29, 0.717) is 12.2 Å². The molecular weight excluding hydrogens is 442 g/mol. The number of fused-ring (bicyclic) bond motifs is 1. The zero-order chi connectivity index (χ0) is 24.2. The maximum absolute atomic E-state index is 10.5. The van der Waals surface area contributed by atoms with Crippen molar-refractivity contribution in [2.75, 3.05) is 44.7 Å². The lowest BCUT2D eigenvalue weighted by atomic mass is 10.1. The van der Waals surface area contributed by atoms with Crippen LogP contribution in [0.1, 0.15) is 28.9 Å². The molecule has 0 amide bonds. The van der Waals surface area contributed by atoms with Crippen LogP contribution in [0.4, 0.5) is 5.95 Å². The zero-order valence-electron chi connectivity index (χ0n) is 20.4. The molecule has 1 aliphatic rings. The van der Waals surface area contributed by atoms with Crippen molar-refractivity contribution in [2.24, 2.45) is 7.05 Å². The lowest BCUT2D eigenvalue weighted by Gasteiger charge is -2.26. The van der Waals surface area contributed by atoms with Gasteiger partial charge in [-0.25, -0.2) is 4.98 Å². The Balaban J connectivity index is 1.40. The van der Waals surface area contributed by atoms with Gasteiger partial charge in [-0.3, -0.25) is 14.6 Å². The van der Waals surface area contributed by atoms with Crippen molar-refractivity contribution in [1.29, 1.82) is 0 Å². The van der Waals surface area contributed by atoms with Gasteiger partial charge in [-0.15, -0.1) is 0 Å². The van der Waals surface area contributed by atoms with E-state index in [1.807, 2.05) is 37.1 Å². The smallest absolute Gasteiger partial charge is 0.204 e. The largest absolute Gasteiger partial charge is 0.506 e. The molecule has 9 nitrogen and oxygen atoms in total. The van der Waals surface area contributed by atoms with Crippen LogP contribution in [0.5, 0.6) is 5.75 Å². The van der Waals surface area contributed by atoms with Crippen LogP contribution in [-0.4, -0.2) is 73.7 Å². The summed E-state index contributed by atoms with van der Waals surface area (Å²) < 4.78 is 9.39. The molecule has 1 fully saturated rings. The molecule has 0 spiro atoms. The third-order valence-corrected chi connectivity index (χ3v) is 6.41. The van der Waals surface area contributed by atoms with E-state index in [-0.39, 0.29) is 5.75 Å². The summed E-state index contributed by atoms with van der Waals surface area (Å²) in [6.45, 7) is 7.85. The van der Waals surface area contributed by atoms with E-state index < -0.39 is 0 Å². The van der Waals surface area contributed by atoms with Crippen LogP contribution < -0.4 is 5.32 Å². The summed E-state index contributed by atoms with van der Waals surface area (Å²) in [5, 5.41) is 18.3. The maximum atomic E-state index is 10.5. The van der Waals surface area contributed by atoms with Gasteiger partial charge in [0.2, 0.25) is 5.95 Å². The highest BCUT2D eigenvalue weighted by molar-refractivity contribution is 5.79. The van der Waals surface area contributed by atoms with Gasteiger partial charge in [0.1, 0.15) is 11.4 Å². The van der Waals surface area contributed by atoms with Gasteiger partial charge in [0.05, 0.1) is 37.0 Å². The summed E-state index contributed by atoms with van der Waals surface area (Å²) in [7, 11) is 1.93. The summed E-state index contributed by atoms with van der Waals surface area (Å²) in [5.74, 6) is 0.991. The monoisotopic (exact) mass is 475 g/mol. The Morgan fingerprint density at radius 3 is 2.74 bits per heavy atom. The number of nitrogens with zero attached hydrogens (tertiary/aromatic N) is 6. The standard InChI is InChI=1S/C26H33N7O2/c1-19-4-7-25(34)23(29-19)18-33-24-15-20(14-21-16-28-31(2)17-21)5-6-22(24)30-26(33)27-8-3-9-32-10-12-35-13-11-32/h4-7,15-17,34H,3,8-14,18H2,1-2H3,(H,27,30). The summed E-state index contributed by atoms with van der Waals surface area (Å²) in [4.78, 5) is 11.9. The summed E-state index contributed by atoms with van der Waals surface area (Å²) in [6, 6.07) is 9.90. The first-order valence-electron chi connectivity index (χ1n) is 12.2. The number of hydrogen-bond donors (Lipinski definition) is 2. The quantitative estimate of drug-likeness (QED) is 0.360. The van der Waals surface area contributed by atoms with Gasteiger partial charge < -0.3 is 19.7 Å². The van der Waals surface area contributed by atoms with Crippen LogP contribution in [0.25, 0.3) is 11.0 Å². The molecule has 0 saturated carbocycles. The first kappa shape index (κ1) is 23.3. The number of imidazole rings is 1. The van der Waals surface area contributed by atoms with Crippen LogP contribution in [0.2, 0.25) is 0 Å². The minimum Gasteiger partial charge on any atom is -0.506 e. The number of aromatic hydroxyl groups is 1. The second kappa shape index (κ2) is 10.5. The highest BCUT2D eigenvalue weighted by Crippen LogP contribution is 2.26. The van der Waals surface area contributed by atoms with Crippen molar-refractivity contribution in [1.82, 2.24) is 29.2 Å². The highest BCUT2D eigenvalue weighted by atomic mass is 16.5. The Kier molecular flexibility index (Phi) is 6.96. The summed E-state index contributed by atoms with van der Waals surface area (Å²) in [6.07, 6.45) is 5.75. The molecule has 5 rings (SSSR count). The van der Waals surface area contributed by atoms with Gasteiger partial charge in [-0.2, -0.15) is 5.10 Å². The van der Waals surface area contributed by atoms with Gasteiger partial charge in [0.25, 0.3) is 0 Å². The molecule has 1 aliphatic heterocycles. The topological polar surface area (TPSA) is 93.3 Å². The van der Waals surface area contributed by atoms with Crippen molar-refractivity contribution in [2.45, 2.75) is 26.3 Å². The number of benzene rings is 1. The predicted octanol–water partition coefficient (Wildman–Crippen LogP) is 2.95. The summed E-state index contributed by atoms with van der Waals surface area (Å²) >= 11 is 0. The number of nitrogens with one attached hydrogen (secondary N) is 1. The zero-order valence-corrected chi connectivity index (χ0v) is 20.4. The predicted molar refractivity (Wildman–Crippen MR) is 136 cm³/mol. The van der Waals surface area contributed by atoms with Crippen LogP contribution in [0, 0.1) is 6.92 Å². The molecule has 0 unspecified atom stereocenters. The van der Waals surface area contributed by atoms with Crippen LogP contribution in [-0.2, 0) is 24.8 Å². The molecule has 0 radical (unpaired) electrons. The van der Waals surface area contributed by atoms with Gasteiger partial charge in [0, 0.05) is 45.0 Å². The number of pyridine rings is 1. The first-order chi connectivity index (χ1) is 17.0. The fraction of sp³-hybridized carbons (Fsp3) is 0.423. The molecular formula is C26H33N7O2. The van der Waals surface area contributed by atoms with Gasteiger partial charge >= 0.3 is 0 Å². The van der Waals surface area contributed by atoms with Crippen molar-refractivity contribution in [3.05, 3.63) is 65.2 Å². The molecule has 1 saturated heterocycles. The van der Waals surface area contributed by atoms with E-state index in [2.05, 4.69) is 43.1 Å². The third kappa shape index (κ3) is 5.63. The second-order valence-corrected chi connectivity index (χ2v) is 9.20. The Morgan fingerprint density at radius 1 is 1.09 bits per heavy atom. The molecule has 0 bridgehead atoms. The number of aromatic nitrogens is 5. The Morgan fingerprint density at radius 2 is 1.94 bits per heavy atom. The third-order valence-electron chi connectivity index (χ3n) is 6.41. The molecule has 4 aromatic rings. The lowest BCUT2D eigenvalue weighted by Crippen LogP contribution is -2.37. The lowest BCUT2D eigenvalue weighted by molar-refractivity contribution is 0.0378. The molecule has 2 N–H and O–H groups in total. The second-order valence-electron chi connectivity index (χ2n) is 9.20. The van der Waals surface area contributed by atoms with Gasteiger partial charge in [0.15, 0.2) is 0 Å². The Labute approximate surface area is 205 Å². The number of rotatable bonds is 9. The van der Waals surface area contributed by atoms with E-state index in [4.69, 9.17) is 9.72 Å². The van der Waals surface area contributed by atoms with E-state index >= 15 is 0 Å². The van der Waals surface area contributed by atoms with Gasteiger partial charge in [-0.1, -0.05) is 6.07 Å². The van der Waals surface area contributed by atoms with Crippen molar-refractivity contribution in [3.63, 3.8) is 0 Å². The van der Waals surface area contributed by atoms with E-state index in [0.717, 1.165) is 80.5 Å². The maximum Gasteiger partial charge on any atom is 0.204 e. The Bertz CT molecular complexity index is 1290.